The lowest BCUT2D eigenvalue weighted by atomic mass is 10.1. The maximum absolute atomic E-state index is 12.5. The standard InChI is InChI=1S/C13H14ClN3O2/c1-3-12-16-4-5-17(12)13(18)8-6-9(14)10(15)7-11(8)19-2/h4-7H,3,15H2,1-2H3. The molecule has 0 spiro atoms. The number of hydrogen-bond donors (Lipinski definition) is 1. The van der Waals surface area contributed by atoms with Crippen molar-refractivity contribution in [2.75, 3.05) is 12.8 Å². The number of carbonyl (C=O) groups is 1. The molecule has 6 heteroatoms. The number of nitrogen functional groups attached to an aromatic ring is 1. The summed E-state index contributed by atoms with van der Waals surface area (Å²) >= 11 is 5.96. The molecule has 0 atom stereocenters. The van der Waals surface area contributed by atoms with E-state index in [4.69, 9.17) is 22.1 Å². The van der Waals surface area contributed by atoms with Crippen LogP contribution in [0.25, 0.3) is 0 Å². The van der Waals surface area contributed by atoms with Gasteiger partial charge in [0, 0.05) is 24.9 Å². The Hall–Kier alpha value is -2.01. The van der Waals surface area contributed by atoms with E-state index in [9.17, 15) is 4.79 Å². The second kappa shape index (κ2) is 5.32. The number of rotatable bonds is 3. The fourth-order valence-electron chi connectivity index (χ4n) is 1.82. The molecule has 0 fully saturated rings. The molecule has 0 unspecified atom stereocenters. The molecule has 1 aromatic carbocycles. The monoisotopic (exact) mass is 279 g/mol. The fourth-order valence-corrected chi connectivity index (χ4v) is 1.98. The Balaban J connectivity index is 2.52. The summed E-state index contributed by atoms with van der Waals surface area (Å²) in [6, 6.07) is 3.05. The zero-order chi connectivity index (χ0) is 14.0. The van der Waals surface area contributed by atoms with Crippen molar-refractivity contribution in [1.29, 1.82) is 0 Å². The molecule has 1 heterocycles. The first-order valence-electron chi connectivity index (χ1n) is 5.78. The van der Waals surface area contributed by atoms with Crippen LogP contribution in [0.4, 0.5) is 5.69 Å². The number of hydrogen-bond acceptors (Lipinski definition) is 4. The van der Waals surface area contributed by atoms with Gasteiger partial charge in [0.15, 0.2) is 0 Å². The van der Waals surface area contributed by atoms with Crippen LogP contribution in [0.15, 0.2) is 24.5 Å². The van der Waals surface area contributed by atoms with Gasteiger partial charge in [0.1, 0.15) is 11.6 Å². The minimum absolute atomic E-state index is 0.242. The van der Waals surface area contributed by atoms with Crippen LogP contribution in [-0.2, 0) is 6.42 Å². The number of halogens is 1. The lowest BCUT2D eigenvalue weighted by molar-refractivity contribution is 0.0953. The average molecular weight is 280 g/mol. The fraction of sp³-hybridized carbons (Fsp3) is 0.231. The number of nitrogens with two attached hydrogens (primary N) is 1. The molecule has 0 aliphatic heterocycles. The van der Waals surface area contributed by atoms with Gasteiger partial charge in [0.2, 0.25) is 0 Å². The number of methoxy groups -OCH3 is 1. The van der Waals surface area contributed by atoms with Crippen molar-refractivity contribution in [3.63, 3.8) is 0 Å². The molecule has 1 aromatic heterocycles. The zero-order valence-corrected chi connectivity index (χ0v) is 11.4. The predicted molar refractivity (Wildman–Crippen MR) is 73.7 cm³/mol. The predicted octanol–water partition coefficient (Wildman–Crippen LogP) is 2.38. The number of carbonyl (C=O) groups excluding carboxylic acids is 1. The van der Waals surface area contributed by atoms with E-state index in [1.807, 2.05) is 6.92 Å². The highest BCUT2D eigenvalue weighted by Crippen LogP contribution is 2.29. The lowest BCUT2D eigenvalue weighted by Gasteiger charge is -2.11. The number of aromatic nitrogens is 2. The van der Waals surface area contributed by atoms with E-state index in [2.05, 4.69) is 4.98 Å². The minimum Gasteiger partial charge on any atom is -0.496 e. The SMILES string of the molecule is CCc1nccn1C(=O)c1cc(Cl)c(N)cc1OC. The summed E-state index contributed by atoms with van der Waals surface area (Å²) < 4.78 is 6.66. The highest BCUT2D eigenvalue weighted by atomic mass is 35.5. The van der Waals surface area contributed by atoms with Gasteiger partial charge in [-0.25, -0.2) is 4.98 Å². The summed E-state index contributed by atoms with van der Waals surface area (Å²) in [4.78, 5) is 16.6. The second-order valence-corrected chi connectivity index (χ2v) is 4.35. The van der Waals surface area contributed by atoms with Crippen LogP contribution in [0.3, 0.4) is 0 Å². The van der Waals surface area contributed by atoms with Crippen molar-refractivity contribution in [3.05, 3.63) is 40.9 Å². The third kappa shape index (κ3) is 2.42. The van der Waals surface area contributed by atoms with E-state index in [-0.39, 0.29) is 5.91 Å². The topological polar surface area (TPSA) is 70.1 Å². The maximum Gasteiger partial charge on any atom is 0.267 e. The highest BCUT2D eigenvalue weighted by molar-refractivity contribution is 6.33. The van der Waals surface area contributed by atoms with E-state index in [1.165, 1.54) is 23.8 Å². The van der Waals surface area contributed by atoms with Crippen LogP contribution in [0.1, 0.15) is 23.1 Å². The molecule has 0 saturated heterocycles. The first-order chi connectivity index (χ1) is 9.08. The highest BCUT2D eigenvalue weighted by Gasteiger charge is 2.18. The molecule has 0 saturated carbocycles. The largest absolute Gasteiger partial charge is 0.496 e. The van der Waals surface area contributed by atoms with Gasteiger partial charge in [-0.1, -0.05) is 18.5 Å². The molecule has 19 heavy (non-hydrogen) atoms. The molecule has 0 aliphatic rings. The summed E-state index contributed by atoms with van der Waals surface area (Å²) in [5.41, 5.74) is 6.43. The number of imidazole rings is 1. The normalized spacial score (nSPS) is 10.5. The van der Waals surface area contributed by atoms with Gasteiger partial charge in [-0.3, -0.25) is 9.36 Å². The number of aryl methyl sites for hydroxylation is 1. The van der Waals surface area contributed by atoms with Crippen molar-refractivity contribution in [1.82, 2.24) is 9.55 Å². The molecule has 2 aromatic rings. The summed E-state index contributed by atoms with van der Waals surface area (Å²) in [7, 11) is 1.48. The molecular weight excluding hydrogens is 266 g/mol. The molecular formula is C13H14ClN3O2. The number of benzene rings is 1. The van der Waals surface area contributed by atoms with Crippen LogP contribution in [0.2, 0.25) is 5.02 Å². The first kappa shape index (κ1) is 13.4. The molecule has 2 rings (SSSR count). The number of anilines is 1. The Morgan fingerprint density at radius 3 is 2.89 bits per heavy atom. The minimum atomic E-state index is -0.242. The molecule has 0 amide bonds. The van der Waals surface area contributed by atoms with Crippen molar-refractivity contribution in [2.45, 2.75) is 13.3 Å². The Kier molecular flexibility index (Phi) is 3.76. The summed E-state index contributed by atoms with van der Waals surface area (Å²) in [6.45, 7) is 1.93. The van der Waals surface area contributed by atoms with Crippen molar-refractivity contribution < 1.29 is 9.53 Å². The molecule has 0 aliphatic carbocycles. The van der Waals surface area contributed by atoms with Crippen LogP contribution < -0.4 is 10.5 Å². The molecule has 100 valence electrons. The van der Waals surface area contributed by atoms with E-state index in [1.54, 1.807) is 12.4 Å². The first-order valence-corrected chi connectivity index (χ1v) is 6.16. The van der Waals surface area contributed by atoms with Gasteiger partial charge in [-0.2, -0.15) is 0 Å². The lowest BCUT2D eigenvalue weighted by Crippen LogP contribution is -2.15. The molecule has 5 nitrogen and oxygen atoms in total. The van der Waals surface area contributed by atoms with Gasteiger partial charge in [0.25, 0.3) is 5.91 Å². The Morgan fingerprint density at radius 2 is 2.26 bits per heavy atom. The third-order valence-corrected chi connectivity index (χ3v) is 3.13. The van der Waals surface area contributed by atoms with Gasteiger partial charge in [-0.15, -0.1) is 0 Å². The molecule has 0 bridgehead atoms. The number of nitrogens with zero attached hydrogens (tertiary/aromatic N) is 2. The van der Waals surface area contributed by atoms with E-state index in [0.717, 1.165) is 0 Å². The van der Waals surface area contributed by atoms with Crippen LogP contribution in [-0.4, -0.2) is 22.6 Å². The zero-order valence-electron chi connectivity index (χ0n) is 10.7. The summed E-state index contributed by atoms with van der Waals surface area (Å²) in [5.74, 6) is 0.829. The van der Waals surface area contributed by atoms with Crippen LogP contribution >= 0.6 is 11.6 Å². The van der Waals surface area contributed by atoms with Crippen LogP contribution in [0, 0.1) is 0 Å². The second-order valence-electron chi connectivity index (χ2n) is 3.95. The quantitative estimate of drug-likeness (QED) is 0.876. The molecule has 2 N–H and O–H groups in total. The maximum atomic E-state index is 12.5. The summed E-state index contributed by atoms with van der Waals surface area (Å²) in [5, 5.41) is 0.322. The van der Waals surface area contributed by atoms with Gasteiger partial charge in [0.05, 0.1) is 23.4 Å². The van der Waals surface area contributed by atoms with Gasteiger partial charge in [-0.05, 0) is 6.07 Å². The van der Waals surface area contributed by atoms with Gasteiger partial charge >= 0.3 is 0 Å². The van der Waals surface area contributed by atoms with Crippen molar-refractivity contribution >= 4 is 23.2 Å². The Bertz CT molecular complexity index is 622. The average Bonchev–Trinajstić information content (AvgIpc) is 2.88. The molecule has 0 radical (unpaired) electrons. The van der Waals surface area contributed by atoms with E-state index >= 15 is 0 Å². The summed E-state index contributed by atoms with van der Waals surface area (Å²) in [6.07, 6.45) is 3.86. The van der Waals surface area contributed by atoms with Gasteiger partial charge < -0.3 is 10.5 Å². The van der Waals surface area contributed by atoms with Crippen LogP contribution in [0.5, 0.6) is 5.75 Å². The Labute approximate surface area is 116 Å². The van der Waals surface area contributed by atoms with E-state index < -0.39 is 0 Å². The third-order valence-electron chi connectivity index (χ3n) is 2.80. The van der Waals surface area contributed by atoms with Crippen molar-refractivity contribution in [2.24, 2.45) is 0 Å². The van der Waals surface area contributed by atoms with E-state index in [0.29, 0.717) is 34.3 Å². The smallest absolute Gasteiger partial charge is 0.267 e. The number of ether oxygens (including phenoxy) is 1. The Morgan fingerprint density at radius 1 is 1.53 bits per heavy atom. The van der Waals surface area contributed by atoms with Crippen molar-refractivity contribution in [3.8, 4) is 5.75 Å².